The van der Waals surface area contributed by atoms with E-state index in [9.17, 15) is 38.4 Å². The Morgan fingerprint density at radius 2 is 1.44 bits per heavy atom. The van der Waals surface area contributed by atoms with Crippen molar-refractivity contribution >= 4 is 47.3 Å². The van der Waals surface area contributed by atoms with Gasteiger partial charge in [0.2, 0.25) is 23.6 Å². The monoisotopic (exact) mass is 1110 g/mol. The van der Waals surface area contributed by atoms with Gasteiger partial charge in [0.05, 0.1) is 95.3 Å². The van der Waals surface area contributed by atoms with E-state index in [-0.39, 0.29) is 105 Å². The Kier molecular flexibility index (Phi) is 25.6. The molecule has 1 aromatic rings. The molecule has 1 saturated carbocycles. The van der Waals surface area contributed by atoms with Crippen LogP contribution in [0, 0.1) is 23.7 Å². The number of carbonyl (C=O) groups is 8. The second kappa shape index (κ2) is 31.2. The molecule has 22 nitrogen and oxygen atoms in total. The number of hydrogen-bond donors (Lipinski definition) is 2. The highest BCUT2D eigenvalue weighted by atomic mass is 16.7. The number of benzene rings is 1. The number of imide groups is 1. The average molecular weight is 1110 g/mol. The van der Waals surface area contributed by atoms with E-state index in [0.717, 1.165) is 18.4 Å². The number of carbonyl (C=O) groups excluding carboxylic acids is 8. The maximum Gasteiger partial charge on any atom is 0.335 e. The highest BCUT2D eigenvalue weighted by Crippen LogP contribution is 2.53. The van der Waals surface area contributed by atoms with Crippen molar-refractivity contribution in [1.29, 1.82) is 0 Å². The number of methoxy groups -OCH3 is 2. The van der Waals surface area contributed by atoms with Gasteiger partial charge in [0.1, 0.15) is 11.6 Å². The molecule has 444 valence electrons. The van der Waals surface area contributed by atoms with Crippen LogP contribution in [0.4, 0.5) is 0 Å². The van der Waals surface area contributed by atoms with Crippen LogP contribution in [0.2, 0.25) is 0 Å². The minimum absolute atomic E-state index is 0.0232. The summed E-state index contributed by atoms with van der Waals surface area (Å²) in [6.45, 7) is 16.6. The van der Waals surface area contributed by atoms with Crippen LogP contribution >= 0.6 is 0 Å². The van der Waals surface area contributed by atoms with Crippen LogP contribution in [0.1, 0.15) is 124 Å². The first-order valence-corrected chi connectivity index (χ1v) is 28.5. The molecule has 7 amide bonds. The Balaban J connectivity index is 1.13. The number of amides is 7. The normalized spacial score (nSPS) is 22.1. The summed E-state index contributed by atoms with van der Waals surface area (Å²) in [6, 6.07) is 7.25. The molecule has 2 N–H and O–H groups in total. The smallest absolute Gasteiger partial charge is 0.335 e. The van der Waals surface area contributed by atoms with Gasteiger partial charge in [0, 0.05) is 59.7 Å². The first-order chi connectivity index (χ1) is 37.7. The van der Waals surface area contributed by atoms with Crippen molar-refractivity contribution in [3.8, 4) is 0 Å². The quantitative estimate of drug-likeness (QED) is 0.0754. The minimum Gasteiger partial charge on any atom is -0.379 e. The summed E-state index contributed by atoms with van der Waals surface area (Å²) in [5, 5.41) is 8.15. The fourth-order valence-electron chi connectivity index (χ4n) is 11.2. The third kappa shape index (κ3) is 17.2. The van der Waals surface area contributed by atoms with Crippen molar-refractivity contribution < 1.29 is 71.7 Å². The summed E-state index contributed by atoms with van der Waals surface area (Å²) in [7, 11) is 6.63. The van der Waals surface area contributed by atoms with E-state index in [1.54, 1.807) is 38.0 Å². The van der Waals surface area contributed by atoms with Crippen LogP contribution in [0.15, 0.2) is 30.3 Å². The number of hydroxylamine groups is 4. The fourth-order valence-corrected chi connectivity index (χ4v) is 11.2. The number of likely N-dealkylation sites (N-methyl/N-ethyl adjacent to an activating group) is 2. The van der Waals surface area contributed by atoms with Crippen molar-refractivity contribution in [2.45, 2.75) is 161 Å². The number of nitrogens with one attached hydrogen (secondary N) is 2. The molecule has 4 aliphatic rings. The lowest BCUT2D eigenvalue weighted by Gasteiger charge is -2.41. The van der Waals surface area contributed by atoms with Gasteiger partial charge in [-0.15, -0.1) is 5.06 Å². The van der Waals surface area contributed by atoms with Crippen molar-refractivity contribution in [2.24, 2.45) is 23.7 Å². The number of ether oxygens (including phenoxy) is 5. The van der Waals surface area contributed by atoms with Gasteiger partial charge in [0.15, 0.2) is 0 Å². The molecule has 79 heavy (non-hydrogen) atoms. The molecule has 5 rings (SSSR count). The van der Waals surface area contributed by atoms with Crippen molar-refractivity contribution in [2.75, 3.05) is 94.2 Å². The van der Waals surface area contributed by atoms with Crippen LogP contribution < -0.4 is 10.6 Å². The SMILES string of the molecule is CC[C@H](C)[C@@H]([C@@H](CC(=O)N1CCC[C@H]1[C@H](OC)[C@@H](C)C(=O)N[C@@]1(C(=O)N2CCCCO2)C[C@@H]1c1ccccc1)OC)N(C)C(=O)[C@@H](NC(=O)[C@H](C(C)C)N(C)CCOCCOCCOCCC(=O)ON1C(=O)CCC1=O)C(C)C. The lowest BCUT2D eigenvalue weighted by atomic mass is 9.89. The summed E-state index contributed by atoms with van der Waals surface area (Å²) in [6.07, 6.45) is 2.57. The molecule has 10 atom stereocenters. The number of rotatable bonds is 33. The standard InChI is InChI=1S/C57H91N7O15/c1-12-39(6)51(61(9)55(71)49(37(2)3)58-54(70)50(38(4)5)60(8)27-30-76-32-34-77-33-31-75-29-24-48(68)79-64-45(65)22-23-46(64)66)44(73-10)35-47(67)62-25-18-21-43(62)52(74-11)40(7)53(69)59-57(56(72)63-26-16-17-28-78-63)36-42(57)41-19-14-13-15-20-41/h13-15,19-20,37-40,42-44,49-52H,12,16-18,21-36H2,1-11H3,(H,58,70)(H,59,69)/t39-,40+,42+,43-,44+,49-,50-,51-,52+,57-/m0/s1. The van der Waals surface area contributed by atoms with E-state index in [1.165, 1.54) is 5.06 Å². The molecule has 22 heteroatoms. The molecule has 0 radical (unpaired) electrons. The summed E-state index contributed by atoms with van der Waals surface area (Å²) in [4.78, 5) is 123. The molecule has 3 heterocycles. The van der Waals surface area contributed by atoms with Crippen LogP contribution in [-0.2, 0) is 71.7 Å². The van der Waals surface area contributed by atoms with E-state index < -0.39 is 65.6 Å². The number of likely N-dealkylation sites (tertiary alicyclic amines) is 1. The zero-order valence-corrected chi connectivity index (χ0v) is 48.7. The summed E-state index contributed by atoms with van der Waals surface area (Å²) < 4.78 is 29.0. The summed E-state index contributed by atoms with van der Waals surface area (Å²) in [5.74, 6) is -4.68. The van der Waals surface area contributed by atoms with Crippen molar-refractivity contribution in [3.05, 3.63) is 35.9 Å². The first kappa shape index (κ1) is 64.7. The van der Waals surface area contributed by atoms with E-state index in [2.05, 4.69) is 10.6 Å². The van der Waals surface area contributed by atoms with Gasteiger partial charge in [-0.05, 0) is 62.5 Å². The molecule has 1 aromatic carbocycles. The molecule has 1 aliphatic carbocycles. The van der Waals surface area contributed by atoms with Gasteiger partial charge in [0.25, 0.3) is 17.7 Å². The Hall–Kier alpha value is -5.10. The van der Waals surface area contributed by atoms with Gasteiger partial charge in [-0.1, -0.05) is 85.2 Å². The Morgan fingerprint density at radius 1 is 0.797 bits per heavy atom. The molecular formula is C57H91N7O15. The maximum absolute atomic E-state index is 14.7. The molecule has 0 spiro atoms. The molecule has 3 saturated heterocycles. The fraction of sp³-hybridized carbons (Fsp3) is 0.754. The number of hydrogen-bond acceptors (Lipinski definition) is 16. The van der Waals surface area contributed by atoms with Crippen LogP contribution in [0.3, 0.4) is 0 Å². The first-order valence-electron chi connectivity index (χ1n) is 28.5. The Bertz CT molecular complexity index is 2160. The summed E-state index contributed by atoms with van der Waals surface area (Å²) in [5.41, 5.74) is -0.208. The van der Waals surface area contributed by atoms with Crippen LogP contribution in [0.5, 0.6) is 0 Å². The maximum atomic E-state index is 14.7. The predicted molar refractivity (Wildman–Crippen MR) is 290 cm³/mol. The second-order valence-electron chi connectivity index (χ2n) is 22.2. The predicted octanol–water partition coefficient (Wildman–Crippen LogP) is 3.65. The van der Waals surface area contributed by atoms with E-state index in [1.807, 2.05) is 83.8 Å². The molecule has 3 aliphatic heterocycles. The molecule has 0 aromatic heterocycles. The molecular weight excluding hydrogens is 1020 g/mol. The van der Waals surface area contributed by atoms with Gasteiger partial charge >= 0.3 is 5.97 Å². The van der Waals surface area contributed by atoms with Gasteiger partial charge < -0.3 is 49.0 Å². The zero-order valence-electron chi connectivity index (χ0n) is 48.7. The van der Waals surface area contributed by atoms with E-state index >= 15 is 0 Å². The topological polar surface area (TPSA) is 241 Å². The molecule has 0 unspecified atom stereocenters. The molecule has 0 bridgehead atoms. The highest BCUT2D eigenvalue weighted by molar-refractivity contribution is 6.01. The Labute approximate surface area is 467 Å². The molecule has 4 fully saturated rings. The van der Waals surface area contributed by atoms with Gasteiger partial charge in [-0.3, -0.25) is 43.3 Å². The van der Waals surface area contributed by atoms with Gasteiger partial charge in [-0.2, -0.15) is 0 Å². The Morgan fingerprint density at radius 3 is 2.03 bits per heavy atom. The minimum atomic E-state index is -1.17. The third-order valence-corrected chi connectivity index (χ3v) is 16.0. The van der Waals surface area contributed by atoms with Crippen molar-refractivity contribution in [1.82, 2.24) is 35.5 Å². The zero-order chi connectivity index (χ0) is 58.0. The highest BCUT2D eigenvalue weighted by Gasteiger charge is 2.64. The second-order valence-corrected chi connectivity index (χ2v) is 22.2. The average Bonchev–Trinajstić information content (AvgIpc) is 4.07. The largest absolute Gasteiger partial charge is 0.379 e. The third-order valence-electron chi connectivity index (χ3n) is 16.0. The number of nitrogens with zero attached hydrogens (tertiary/aromatic N) is 5. The lowest BCUT2D eigenvalue weighted by Crippen LogP contribution is -2.60. The van der Waals surface area contributed by atoms with Crippen LogP contribution in [-0.4, -0.2) is 208 Å². The van der Waals surface area contributed by atoms with E-state index in [0.29, 0.717) is 70.2 Å². The van der Waals surface area contributed by atoms with E-state index in [4.69, 9.17) is 33.4 Å². The van der Waals surface area contributed by atoms with Crippen molar-refractivity contribution in [3.63, 3.8) is 0 Å². The van der Waals surface area contributed by atoms with Crippen LogP contribution in [0.25, 0.3) is 0 Å². The lowest BCUT2D eigenvalue weighted by molar-refractivity contribution is -0.200. The summed E-state index contributed by atoms with van der Waals surface area (Å²) >= 11 is 0. The van der Waals surface area contributed by atoms with Gasteiger partial charge in [-0.25, -0.2) is 9.86 Å².